The first-order valence-electron chi connectivity index (χ1n) is 7.68. The molecule has 0 radical (unpaired) electrons. The third-order valence-corrected chi connectivity index (χ3v) is 3.01. The van der Waals surface area contributed by atoms with Crippen LogP contribution < -0.4 is 0 Å². The van der Waals surface area contributed by atoms with Gasteiger partial charge in [0.25, 0.3) is 0 Å². The van der Waals surface area contributed by atoms with Crippen LogP contribution in [0.5, 0.6) is 0 Å². The molecule has 0 rings (SSSR count). The van der Waals surface area contributed by atoms with Gasteiger partial charge < -0.3 is 0 Å². The van der Waals surface area contributed by atoms with Gasteiger partial charge in [0.1, 0.15) is 0 Å². The number of hydrogen-bond donors (Lipinski definition) is 0. The SMILES string of the molecule is CCCCCCC=CC(=O)C=CCCCCCC. The summed E-state index contributed by atoms with van der Waals surface area (Å²) in [6.45, 7) is 4.43. The highest BCUT2D eigenvalue weighted by Gasteiger charge is 1.89. The molecule has 0 aromatic carbocycles. The second-order valence-corrected chi connectivity index (χ2v) is 4.91. The molecule has 0 bridgehead atoms. The Hall–Kier alpha value is -0.850. The number of hydrogen-bond acceptors (Lipinski definition) is 1. The zero-order valence-electron chi connectivity index (χ0n) is 12.3. The Kier molecular flexibility index (Phi) is 13.5. The summed E-state index contributed by atoms with van der Waals surface area (Å²) < 4.78 is 0. The van der Waals surface area contributed by atoms with Crippen molar-refractivity contribution >= 4 is 5.78 Å². The predicted molar refractivity (Wildman–Crippen MR) is 80.8 cm³/mol. The molecule has 0 atom stereocenters. The molecule has 1 heteroatoms. The smallest absolute Gasteiger partial charge is 0.177 e. The van der Waals surface area contributed by atoms with E-state index in [-0.39, 0.29) is 5.78 Å². The van der Waals surface area contributed by atoms with Gasteiger partial charge in [-0.15, -0.1) is 0 Å². The van der Waals surface area contributed by atoms with Gasteiger partial charge in [0.05, 0.1) is 0 Å². The highest BCUT2D eigenvalue weighted by Crippen LogP contribution is 2.04. The van der Waals surface area contributed by atoms with E-state index in [1.54, 1.807) is 12.2 Å². The predicted octanol–water partition coefficient (Wildman–Crippen LogP) is 5.61. The van der Waals surface area contributed by atoms with Crippen LogP contribution in [0.1, 0.15) is 78.1 Å². The van der Waals surface area contributed by atoms with E-state index in [0.29, 0.717) is 0 Å². The summed E-state index contributed by atoms with van der Waals surface area (Å²) in [5.74, 6) is 0.140. The summed E-state index contributed by atoms with van der Waals surface area (Å²) in [4.78, 5) is 11.4. The van der Waals surface area contributed by atoms with Crippen LogP contribution in [-0.2, 0) is 4.79 Å². The first-order chi connectivity index (χ1) is 8.81. The number of carbonyl (C=O) groups excluding carboxylic acids is 1. The van der Waals surface area contributed by atoms with Crippen LogP contribution >= 0.6 is 0 Å². The Morgan fingerprint density at radius 1 is 0.722 bits per heavy atom. The van der Waals surface area contributed by atoms with E-state index >= 15 is 0 Å². The Labute approximate surface area is 113 Å². The zero-order chi connectivity index (χ0) is 13.5. The molecule has 0 amide bonds. The zero-order valence-corrected chi connectivity index (χ0v) is 12.3. The molecule has 1 nitrogen and oxygen atoms in total. The first kappa shape index (κ1) is 17.2. The average molecular weight is 250 g/mol. The molecule has 0 heterocycles. The van der Waals surface area contributed by atoms with Crippen molar-refractivity contribution in [2.45, 2.75) is 78.1 Å². The maximum absolute atomic E-state index is 11.4. The van der Waals surface area contributed by atoms with Crippen LogP contribution in [-0.4, -0.2) is 5.78 Å². The van der Waals surface area contributed by atoms with Crippen molar-refractivity contribution in [3.63, 3.8) is 0 Å². The number of allylic oxidation sites excluding steroid dienone is 4. The molecule has 0 aliphatic heterocycles. The summed E-state index contributed by atoms with van der Waals surface area (Å²) >= 11 is 0. The van der Waals surface area contributed by atoms with Crippen molar-refractivity contribution in [3.05, 3.63) is 24.3 Å². The Morgan fingerprint density at radius 3 is 1.56 bits per heavy atom. The molecule has 0 aliphatic carbocycles. The molecule has 18 heavy (non-hydrogen) atoms. The summed E-state index contributed by atoms with van der Waals surface area (Å²) in [6.07, 6.45) is 19.7. The van der Waals surface area contributed by atoms with Crippen LogP contribution in [0, 0.1) is 0 Å². The van der Waals surface area contributed by atoms with Crippen molar-refractivity contribution in [1.29, 1.82) is 0 Å². The largest absolute Gasteiger partial charge is 0.290 e. The number of rotatable bonds is 12. The Balaban J connectivity index is 3.45. The maximum Gasteiger partial charge on any atom is 0.177 e. The van der Waals surface area contributed by atoms with Crippen LogP contribution in [0.2, 0.25) is 0 Å². The normalized spacial score (nSPS) is 11.7. The fourth-order valence-corrected chi connectivity index (χ4v) is 1.83. The summed E-state index contributed by atoms with van der Waals surface area (Å²) in [6, 6.07) is 0. The van der Waals surface area contributed by atoms with E-state index in [2.05, 4.69) is 13.8 Å². The molecule has 0 aromatic heterocycles. The molecule has 0 saturated carbocycles. The van der Waals surface area contributed by atoms with E-state index in [1.807, 2.05) is 12.2 Å². The first-order valence-corrected chi connectivity index (χ1v) is 7.68. The minimum atomic E-state index is 0.140. The highest BCUT2D eigenvalue weighted by atomic mass is 16.1. The van der Waals surface area contributed by atoms with Gasteiger partial charge in [-0.25, -0.2) is 0 Å². The Morgan fingerprint density at radius 2 is 1.17 bits per heavy atom. The van der Waals surface area contributed by atoms with Gasteiger partial charge in [0, 0.05) is 0 Å². The van der Waals surface area contributed by atoms with Gasteiger partial charge in [0.2, 0.25) is 0 Å². The van der Waals surface area contributed by atoms with E-state index in [4.69, 9.17) is 0 Å². The van der Waals surface area contributed by atoms with Crippen LogP contribution in [0.4, 0.5) is 0 Å². The lowest BCUT2D eigenvalue weighted by Crippen LogP contribution is -1.85. The fourth-order valence-electron chi connectivity index (χ4n) is 1.83. The molecule has 0 fully saturated rings. The lowest BCUT2D eigenvalue weighted by molar-refractivity contribution is -0.110. The number of ketones is 1. The van der Waals surface area contributed by atoms with Gasteiger partial charge in [-0.2, -0.15) is 0 Å². The summed E-state index contributed by atoms with van der Waals surface area (Å²) in [5, 5.41) is 0. The number of carbonyl (C=O) groups is 1. The Bertz CT molecular complexity index is 214. The minimum Gasteiger partial charge on any atom is -0.290 e. The summed E-state index contributed by atoms with van der Waals surface area (Å²) in [7, 11) is 0. The summed E-state index contributed by atoms with van der Waals surface area (Å²) in [5.41, 5.74) is 0. The van der Waals surface area contributed by atoms with E-state index in [1.165, 1.54) is 51.4 Å². The van der Waals surface area contributed by atoms with Gasteiger partial charge >= 0.3 is 0 Å². The molecular weight excluding hydrogens is 220 g/mol. The average Bonchev–Trinajstić information content (AvgIpc) is 2.38. The van der Waals surface area contributed by atoms with E-state index < -0.39 is 0 Å². The fraction of sp³-hybridized carbons (Fsp3) is 0.706. The van der Waals surface area contributed by atoms with Gasteiger partial charge in [-0.05, 0) is 37.8 Å². The van der Waals surface area contributed by atoms with Crippen LogP contribution in [0.3, 0.4) is 0 Å². The quantitative estimate of drug-likeness (QED) is 0.325. The minimum absolute atomic E-state index is 0.140. The lowest BCUT2D eigenvalue weighted by atomic mass is 10.1. The standard InChI is InChI=1S/C17H30O/c1-3-5-7-9-11-13-15-17(18)16-14-12-10-8-6-4-2/h13-16H,3-12H2,1-2H3. The van der Waals surface area contributed by atoms with E-state index in [0.717, 1.165) is 12.8 Å². The molecule has 0 aliphatic rings. The third-order valence-electron chi connectivity index (χ3n) is 3.01. The third kappa shape index (κ3) is 13.2. The molecule has 0 saturated heterocycles. The monoisotopic (exact) mass is 250 g/mol. The van der Waals surface area contributed by atoms with Crippen LogP contribution in [0.15, 0.2) is 24.3 Å². The van der Waals surface area contributed by atoms with E-state index in [9.17, 15) is 4.79 Å². The lowest BCUT2D eigenvalue weighted by Gasteiger charge is -1.94. The second kappa shape index (κ2) is 14.2. The maximum atomic E-state index is 11.4. The van der Waals surface area contributed by atoms with Crippen molar-refractivity contribution in [3.8, 4) is 0 Å². The van der Waals surface area contributed by atoms with Gasteiger partial charge in [0.15, 0.2) is 5.78 Å². The second-order valence-electron chi connectivity index (χ2n) is 4.91. The molecule has 104 valence electrons. The number of unbranched alkanes of at least 4 members (excludes halogenated alkanes) is 8. The van der Waals surface area contributed by atoms with Crippen LogP contribution in [0.25, 0.3) is 0 Å². The molecule has 0 spiro atoms. The molecule has 0 unspecified atom stereocenters. The van der Waals surface area contributed by atoms with Gasteiger partial charge in [-0.3, -0.25) is 4.79 Å². The van der Waals surface area contributed by atoms with Crippen molar-refractivity contribution in [2.75, 3.05) is 0 Å². The topological polar surface area (TPSA) is 17.1 Å². The van der Waals surface area contributed by atoms with Crippen molar-refractivity contribution in [1.82, 2.24) is 0 Å². The van der Waals surface area contributed by atoms with Gasteiger partial charge in [-0.1, -0.05) is 64.5 Å². The molecule has 0 N–H and O–H groups in total. The molecule has 0 aromatic rings. The molecular formula is C17H30O. The van der Waals surface area contributed by atoms with Crippen molar-refractivity contribution < 1.29 is 4.79 Å². The highest BCUT2D eigenvalue weighted by molar-refractivity contribution is 5.99. The van der Waals surface area contributed by atoms with Crippen molar-refractivity contribution in [2.24, 2.45) is 0 Å².